The van der Waals surface area contributed by atoms with Gasteiger partial charge >= 0.3 is 0 Å². The second-order valence-electron chi connectivity index (χ2n) is 6.52. The summed E-state index contributed by atoms with van der Waals surface area (Å²) in [5, 5.41) is 0.740. The van der Waals surface area contributed by atoms with Gasteiger partial charge in [-0.15, -0.1) is 0 Å². The van der Waals surface area contributed by atoms with E-state index in [9.17, 15) is 8.42 Å². The van der Waals surface area contributed by atoms with E-state index in [-0.39, 0.29) is 0 Å². The summed E-state index contributed by atoms with van der Waals surface area (Å²) in [6, 6.07) is 16.9. The lowest BCUT2D eigenvalue weighted by atomic mass is 9.91. The first-order valence-corrected chi connectivity index (χ1v) is 9.89. The fourth-order valence-corrected chi connectivity index (χ4v) is 5.45. The van der Waals surface area contributed by atoms with Crippen LogP contribution in [0, 0.1) is 5.92 Å². The predicted molar refractivity (Wildman–Crippen MR) is 94.3 cm³/mol. The van der Waals surface area contributed by atoms with Crippen molar-refractivity contribution in [1.82, 2.24) is 9.21 Å². The summed E-state index contributed by atoms with van der Waals surface area (Å²) >= 11 is 6.05. The van der Waals surface area contributed by atoms with E-state index in [4.69, 9.17) is 11.6 Å². The van der Waals surface area contributed by atoms with Gasteiger partial charge in [0.05, 0.1) is 4.90 Å². The van der Waals surface area contributed by atoms with Crippen LogP contribution in [-0.4, -0.2) is 43.3 Å². The molecule has 0 aliphatic carbocycles. The molecule has 4 rings (SSSR count). The highest BCUT2D eigenvalue weighted by atomic mass is 35.5. The van der Waals surface area contributed by atoms with Crippen molar-refractivity contribution in [1.29, 1.82) is 0 Å². The number of likely N-dealkylation sites (tertiary alicyclic amines) is 1. The van der Waals surface area contributed by atoms with E-state index in [0.717, 1.165) is 18.1 Å². The summed E-state index contributed by atoms with van der Waals surface area (Å²) < 4.78 is 27.1. The summed E-state index contributed by atoms with van der Waals surface area (Å²) in [7, 11) is -3.38. The molecule has 2 aromatic carbocycles. The zero-order valence-corrected chi connectivity index (χ0v) is 14.7. The Morgan fingerprint density at radius 2 is 1.79 bits per heavy atom. The molecule has 0 N–H and O–H groups in total. The molecule has 2 heterocycles. The molecule has 2 fully saturated rings. The highest BCUT2D eigenvalue weighted by molar-refractivity contribution is 7.89. The van der Waals surface area contributed by atoms with Gasteiger partial charge in [0.1, 0.15) is 0 Å². The third-order valence-electron chi connectivity index (χ3n) is 4.97. The zero-order chi connectivity index (χ0) is 16.7. The van der Waals surface area contributed by atoms with Gasteiger partial charge in [-0.1, -0.05) is 41.9 Å². The lowest BCUT2D eigenvalue weighted by Gasteiger charge is -2.43. The topological polar surface area (TPSA) is 40.6 Å². The van der Waals surface area contributed by atoms with Gasteiger partial charge in [-0.25, -0.2) is 8.42 Å². The van der Waals surface area contributed by atoms with Crippen LogP contribution in [0.3, 0.4) is 0 Å². The van der Waals surface area contributed by atoms with Crippen molar-refractivity contribution in [2.75, 3.05) is 19.6 Å². The summed E-state index contributed by atoms with van der Waals surface area (Å²) in [6.07, 6.45) is 0. The quantitative estimate of drug-likeness (QED) is 0.839. The van der Waals surface area contributed by atoms with Crippen LogP contribution in [0.2, 0.25) is 5.02 Å². The van der Waals surface area contributed by atoms with E-state index in [1.54, 1.807) is 28.6 Å². The van der Waals surface area contributed by atoms with Crippen LogP contribution < -0.4 is 0 Å². The van der Waals surface area contributed by atoms with E-state index in [0.29, 0.717) is 29.9 Å². The Kier molecular flexibility index (Phi) is 4.12. The van der Waals surface area contributed by atoms with Gasteiger partial charge in [0.2, 0.25) is 10.0 Å². The normalized spacial score (nSPS) is 24.5. The van der Waals surface area contributed by atoms with Crippen molar-refractivity contribution in [3.8, 4) is 0 Å². The van der Waals surface area contributed by atoms with E-state index in [1.165, 1.54) is 5.56 Å². The number of benzene rings is 2. The van der Waals surface area contributed by atoms with Crippen molar-refractivity contribution in [3.05, 3.63) is 65.2 Å². The lowest BCUT2D eigenvalue weighted by molar-refractivity contribution is 0.0435. The Morgan fingerprint density at radius 3 is 2.54 bits per heavy atom. The molecule has 0 saturated carbocycles. The highest BCUT2D eigenvalue weighted by Crippen LogP contribution is 2.36. The average molecular weight is 363 g/mol. The minimum Gasteiger partial charge on any atom is -0.294 e. The molecule has 2 saturated heterocycles. The number of nitrogens with zero attached hydrogens (tertiary/aromatic N) is 2. The van der Waals surface area contributed by atoms with Crippen LogP contribution in [0.4, 0.5) is 0 Å². The summed E-state index contributed by atoms with van der Waals surface area (Å²) in [5.41, 5.74) is 1.17. The van der Waals surface area contributed by atoms with Gasteiger partial charge in [-0.3, -0.25) is 4.90 Å². The molecule has 0 aromatic heterocycles. The first kappa shape index (κ1) is 16.1. The van der Waals surface area contributed by atoms with Crippen LogP contribution in [0.15, 0.2) is 59.5 Å². The van der Waals surface area contributed by atoms with Crippen LogP contribution in [0.25, 0.3) is 0 Å². The minimum absolute atomic E-state index is 0.308. The number of sulfonamides is 1. The molecule has 0 amide bonds. The van der Waals surface area contributed by atoms with Crippen molar-refractivity contribution >= 4 is 21.6 Å². The Bertz CT molecular complexity index is 841. The molecule has 0 unspecified atom stereocenters. The number of hydrogen-bond acceptors (Lipinski definition) is 3. The van der Waals surface area contributed by atoms with Gasteiger partial charge in [-0.05, 0) is 29.8 Å². The smallest absolute Gasteiger partial charge is 0.243 e. The van der Waals surface area contributed by atoms with Crippen molar-refractivity contribution in [2.24, 2.45) is 5.92 Å². The Morgan fingerprint density at radius 1 is 1.00 bits per heavy atom. The molecule has 126 valence electrons. The Hall–Kier alpha value is -1.40. The molecule has 2 aliphatic heterocycles. The van der Waals surface area contributed by atoms with E-state index in [2.05, 4.69) is 11.0 Å². The molecular formula is C18H19ClN2O2S. The minimum atomic E-state index is -3.38. The number of fused-ring (bicyclic) bond motifs is 1. The number of rotatable bonds is 4. The maximum Gasteiger partial charge on any atom is 0.243 e. The third-order valence-corrected chi connectivity index (χ3v) is 7.05. The Balaban J connectivity index is 1.46. The largest absolute Gasteiger partial charge is 0.294 e. The SMILES string of the molecule is O=S(=O)(c1ccccc1)N1C[C@H]2CN(Cc3cccc(Cl)c3)[C@H]2C1. The molecule has 24 heavy (non-hydrogen) atoms. The van der Waals surface area contributed by atoms with E-state index < -0.39 is 10.0 Å². The molecular weight excluding hydrogens is 344 g/mol. The van der Waals surface area contributed by atoms with E-state index in [1.807, 2.05) is 24.3 Å². The van der Waals surface area contributed by atoms with Gasteiger partial charge in [0, 0.05) is 43.2 Å². The zero-order valence-electron chi connectivity index (χ0n) is 13.2. The predicted octanol–water partition coefficient (Wildman–Crippen LogP) is 2.84. The van der Waals surface area contributed by atoms with Crippen LogP contribution in [0.5, 0.6) is 0 Å². The van der Waals surface area contributed by atoms with Crippen molar-refractivity contribution in [3.63, 3.8) is 0 Å². The van der Waals surface area contributed by atoms with Crippen LogP contribution >= 0.6 is 11.6 Å². The standard InChI is InChI=1S/C18H19ClN2O2S/c19-16-6-4-5-14(9-16)10-20-11-15-12-21(13-18(15)20)24(22,23)17-7-2-1-3-8-17/h1-9,15,18H,10-13H2/t15-,18+/m1/s1. The van der Waals surface area contributed by atoms with Gasteiger partial charge in [-0.2, -0.15) is 4.31 Å². The average Bonchev–Trinajstić information content (AvgIpc) is 2.91. The first-order chi connectivity index (χ1) is 11.5. The lowest BCUT2D eigenvalue weighted by Crippen LogP contribution is -2.54. The second-order valence-corrected chi connectivity index (χ2v) is 8.90. The summed E-state index contributed by atoms with van der Waals surface area (Å²) in [5.74, 6) is 0.433. The molecule has 0 bridgehead atoms. The molecule has 2 aliphatic rings. The van der Waals surface area contributed by atoms with Gasteiger partial charge in [0.25, 0.3) is 0 Å². The Labute approximate surface area is 147 Å². The molecule has 2 atom stereocenters. The van der Waals surface area contributed by atoms with Crippen LogP contribution in [-0.2, 0) is 16.6 Å². The van der Waals surface area contributed by atoms with Crippen molar-refractivity contribution < 1.29 is 8.42 Å². The fraction of sp³-hybridized carbons (Fsp3) is 0.333. The maximum atomic E-state index is 12.8. The molecule has 2 aromatic rings. The molecule has 6 heteroatoms. The van der Waals surface area contributed by atoms with Crippen molar-refractivity contribution in [2.45, 2.75) is 17.5 Å². The summed E-state index contributed by atoms with van der Waals surface area (Å²) in [6.45, 7) is 2.95. The monoisotopic (exact) mass is 362 g/mol. The summed E-state index contributed by atoms with van der Waals surface area (Å²) in [4.78, 5) is 2.73. The fourth-order valence-electron chi connectivity index (χ4n) is 3.70. The number of halogens is 1. The molecule has 0 radical (unpaired) electrons. The first-order valence-electron chi connectivity index (χ1n) is 8.08. The highest BCUT2D eigenvalue weighted by Gasteiger charge is 2.48. The van der Waals surface area contributed by atoms with E-state index >= 15 is 0 Å². The van der Waals surface area contributed by atoms with Gasteiger partial charge in [0.15, 0.2) is 0 Å². The van der Waals surface area contributed by atoms with Crippen LogP contribution in [0.1, 0.15) is 5.56 Å². The van der Waals surface area contributed by atoms with Gasteiger partial charge < -0.3 is 0 Å². The maximum absolute atomic E-state index is 12.8. The second kappa shape index (κ2) is 6.15. The third kappa shape index (κ3) is 2.86. The number of hydrogen-bond donors (Lipinski definition) is 0. The molecule has 4 nitrogen and oxygen atoms in total. The molecule has 0 spiro atoms.